The second kappa shape index (κ2) is 9.41. The molecule has 1 radical (unpaired) electrons. The number of anilines is 1. The number of benzene rings is 1. The zero-order chi connectivity index (χ0) is 11.8. The minimum atomic E-state index is -0.578. The molecule has 6 heteroatoms. The predicted octanol–water partition coefficient (Wildman–Crippen LogP) is 3.13. The Kier molecular flexibility index (Phi) is 9.06. The van der Waals surface area contributed by atoms with E-state index in [0.29, 0.717) is 10.7 Å². The predicted molar refractivity (Wildman–Crippen MR) is 64.9 cm³/mol. The van der Waals surface area contributed by atoms with Crippen molar-refractivity contribution in [2.24, 2.45) is 0 Å². The van der Waals surface area contributed by atoms with E-state index in [-0.39, 0.29) is 34.9 Å². The monoisotopic (exact) mass is 438 g/mol. The number of carbonyl (C=O) groups is 1. The van der Waals surface area contributed by atoms with Crippen LogP contribution in [0.3, 0.4) is 0 Å². The van der Waals surface area contributed by atoms with Crippen molar-refractivity contribution in [3.05, 3.63) is 29.3 Å². The molecule has 89 valence electrons. The Hall–Kier alpha value is -0.630. The normalized spacial score (nSPS) is 8.35. The SMILES string of the molecule is O=C(Nc1cccc(Cl)c1)OCC#CCCl.[Ta]. The van der Waals surface area contributed by atoms with Gasteiger partial charge >= 0.3 is 6.09 Å². The van der Waals surface area contributed by atoms with E-state index in [9.17, 15) is 4.79 Å². The van der Waals surface area contributed by atoms with Crippen LogP contribution >= 0.6 is 23.2 Å². The molecule has 1 N–H and O–H groups in total. The Morgan fingerprint density at radius 3 is 2.82 bits per heavy atom. The molecule has 0 bridgehead atoms. The topological polar surface area (TPSA) is 38.3 Å². The van der Waals surface area contributed by atoms with Crippen LogP contribution in [0.5, 0.6) is 0 Å². The van der Waals surface area contributed by atoms with Gasteiger partial charge in [0.15, 0.2) is 6.61 Å². The number of halogens is 2. The molecule has 0 aliphatic heterocycles. The Labute approximate surface area is 125 Å². The second-order valence-electron chi connectivity index (χ2n) is 2.70. The molecule has 17 heavy (non-hydrogen) atoms. The van der Waals surface area contributed by atoms with E-state index in [1.165, 1.54) is 0 Å². The Morgan fingerprint density at radius 2 is 2.18 bits per heavy atom. The first kappa shape index (κ1) is 16.4. The number of amides is 1. The van der Waals surface area contributed by atoms with E-state index in [4.69, 9.17) is 27.9 Å². The zero-order valence-corrected chi connectivity index (χ0v) is 13.5. The van der Waals surface area contributed by atoms with Gasteiger partial charge in [0.1, 0.15) is 0 Å². The zero-order valence-electron chi connectivity index (χ0n) is 8.74. The van der Waals surface area contributed by atoms with Crippen LogP contribution in [0.15, 0.2) is 24.3 Å². The molecule has 0 atom stereocenters. The average Bonchev–Trinajstić information content (AvgIpc) is 2.24. The quantitative estimate of drug-likeness (QED) is 0.569. The van der Waals surface area contributed by atoms with Gasteiger partial charge in [-0.25, -0.2) is 4.79 Å². The van der Waals surface area contributed by atoms with Crippen molar-refractivity contribution < 1.29 is 31.9 Å². The third kappa shape index (κ3) is 7.32. The van der Waals surface area contributed by atoms with Gasteiger partial charge in [-0.15, -0.1) is 11.6 Å². The van der Waals surface area contributed by atoms with Crippen molar-refractivity contribution in [2.75, 3.05) is 17.8 Å². The first-order valence-corrected chi connectivity index (χ1v) is 5.34. The van der Waals surface area contributed by atoms with Gasteiger partial charge in [0.05, 0.1) is 5.88 Å². The van der Waals surface area contributed by atoms with Crippen molar-refractivity contribution in [1.29, 1.82) is 0 Å². The molecular weight excluding hydrogens is 430 g/mol. The number of hydrogen-bond acceptors (Lipinski definition) is 2. The second-order valence-corrected chi connectivity index (χ2v) is 3.40. The van der Waals surface area contributed by atoms with Crippen LogP contribution < -0.4 is 5.32 Å². The summed E-state index contributed by atoms with van der Waals surface area (Å²) in [4.78, 5) is 11.2. The summed E-state index contributed by atoms with van der Waals surface area (Å²) >= 11 is 11.1. The van der Waals surface area contributed by atoms with Gasteiger partial charge in [-0.1, -0.05) is 29.5 Å². The number of carbonyl (C=O) groups excluding carboxylic acids is 1. The van der Waals surface area contributed by atoms with Gasteiger partial charge in [0, 0.05) is 33.1 Å². The first-order valence-electron chi connectivity index (χ1n) is 4.43. The third-order valence-corrected chi connectivity index (χ3v) is 1.91. The fourth-order valence-corrected chi connectivity index (χ4v) is 1.20. The maximum Gasteiger partial charge on any atom is 0.412 e. The summed E-state index contributed by atoms with van der Waals surface area (Å²) in [6.07, 6.45) is -0.578. The average molecular weight is 439 g/mol. The van der Waals surface area contributed by atoms with E-state index in [1.807, 2.05) is 0 Å². The van der Waals surface area contributed by atoms with E-state index < -0.39 is 6.09 Å². The van der Waals surface area contributed by atoms with Crippen molar-refractivity contribution in [2.45, 2.75) is 0 Å². The summed E-state index contributed by atoms with van der Waals surface area (Å²) in [5.41, 5.74) is 0.572. The molecule has 0 heterocycles. The largest absolute Gasteiger partial charge is 0.436 e. The van der Waals surface area contributed by atoms with Crippen LogP contribution in [0.1, 0.15) is 0 Å². The molecule has 1 aromatic rings. The molecule has 0 saturated carbocycles. The number of ether oxygens (including phenoxy) is 1. The number of alkyl halides is 1. The Bertz CT molecular complexity index is 429. The number of rotatable bonds is 2. The summed E-state index contributed by atoms with van der Waals surface area (Å²) < 4.78 is 4.76. The van der Waals surface area contributed by atoms with Gasteiger partial charge < -0.3 is 4.74 Å². The van der Waals surface area contributed by atoms with Gasteiger partial charge in [-0.2, -0.15) is 0 Å². The number of nitrogens with one attached hydrogen (secondary N) is 1. The van der Waals surface area contributed by atoms with E-state index in [0.717, 1.165) is 0 Å². The molecule has 0 aromatic heterocycles. The van der Waals surface area contributed by atoms with Crippen molar-refractivity contribution >= 4 is 35.0 Å². The summed E-state index contributed by atoms with van der Waals surface area (Å²) in [6.45, 7) is 0.0130. The van der Waals surface area contributed by atoms with Crippen LogP contribution in [-0.2, 0) is 27.1 Å². The molecule has 0 fully saturated rings. The minimum Gasteiger partial charge on any atom is -0.436 e. The summed E-state index contributed by atoms with van der Waals surface area (Å²) in [5, 5.41) is 3.05. The van der Waals surface area contributed by atoms with Crippen LogP contribution in [0.2, 0.25) is 5.02 Å². The Balaban J connectivity index is 0.00000256. The molecule has 0 saturated heterocycles. The van der Waals surface area contributed by atoms with Crippen molar-refractivity contribution in [1.82, 2.24) is 0 Å². The Morgan fingerprint density at radius 1 is 1.41 bits per heavy atom. The maximum absolute atomic E-state index is 11.2. The van der Waals surface area contributed by atoms with Crippen LogP contribution in [0.25, 0.3) is 0 Å². The van der Waals surface area contributed by atoms with E-state index in [2.05, 4.69) is 17.2 Å². The van der Waals surface area contributed by atoms with Crippen LogP contribution in [0.4, 0.5) is 10.5 Å². The van der Waals surface area contributed by atoms with E-state index >= 15 is 0 Å². The molecule has 1 aromatic carbocycles. The molecular formula is C11H9Cl2NO2Ta. The van der Waals surface area contributed by atoms with Gasteiger partial charge in [-0.05, 0) is 18.2 Å². The van der Waals surface area contributed by atoms with Gasteiger partial charge in [0.2, 0.25) is 0 Å². The third-order valence-electron chi connectivity index (χ3n) is 1.54. The number of hydrogen-bond donors (Lipinski definition) is 1. The van der Waals surface area contributed by atoms with Crippen molar-refractivity contribution in [3.8, 4) is 11.8 Å². The molecule has 0 aliphatic rings. The molecule has 0 unspecified atom stereocenters. The summed E-state index contributed by atoms with van der Waals surface area (Å²) in [6, 6.07) is 6.76. The summed E-state index contributed by atoms with van der Waals surface area (Å²) in [7, 11) is 0. The summed E-state index contributed by atoms with van der Waals surface area (Å²) in [5.74, 6) is 5.36. The van der Waals surface area contributed by atoms with Crippen molar-refractivity contribution in [3.63, 3.8) is 0 Å². The van der Waals surface area contributed by atoms with Gasteiger partial charge in [-0.3, -0.25) is 5.32 Å². The van der Waals surface area contributed by atoms with Gasteiger partial charge in [0.25, 0.3) is 0 Å². The molecule has 0 spiro atoms. The fourth-order valence-electron chi connectivity index (χ4n) is 0.920. The molecule has 0 aliphatic carbocycles. The van der Waals surface area contributed by atoms with Crippen LogP contribution in [-0.4, -0.2) is 18.6 Å². The fraction of sp³-hybridized carbons (Fsp3) is 0.182. The van der Waals surface area contributed by atoms with E-state index in [1.54, 1.807) is 24.3 Å². The molecule has 3 nitrogen and oxygen atoms in total. The minimum absolute atomic E-state index is 0. The maximum atomic E-state index is 11.2. The first-order chi connectivity index (χ1) is 7.72. The van der Waals surface area contributed by atoms with Crippen LogP contribution in [0, 0.1) is 11.8 Å². The molecule has 1 rings (SSSR count). The standard InChI is InChI=1S/C11H9Cl2NO2.Ta/c12-6-1-2-7-16-11(15)14-10-5-3-4-9(13)8-10;/h3-5,8H,6-7H2,(H,14,15);. The smallest absolute Gasteiger partial charge is 0.412 e. The molecule has 1 amide bonds.